The number of nitrogens with zero attached hydrogens (tertiary/aromatic N) is 1. The van der Waals surface area contributed by atoms with Gasteiger partial charge in [-0.2, -0.15) is 0 Å². The highest BCUT2D eigenvalue weighted by molar-refractivity contribution is 4.91. The van der Waals surface area contributed by atoms with Gasteiger partial charge < -0.3 is 15.0 Å². The Bertz CT molecular complexity index is 231. The summed E-state index contributed by atoms with van der Waals surface area (Å²) < 4.78 is 6.01. The highest BCUT2D eigenvalue weighted by atomic mass is 16.5. The van der Waals surface area contributed by atoms with Crippen LogP contribution >= 0.6 is 0 Å². The molecule has 2 saturated heterocycles. The summed E-state index contributed by atoms with van der Waals surface area (Å²) in [5.74, 6) is 0. The Morgan fingerprint density at radius 2 is 1.94 bits per heavy atom. The first-order valence-corrected chi connectivity index (χ1v) is 7.06. The molecule has 2 fully saturated rings. The third-order valence-corrected chi connectivity index (χ3v) is 4.08. The molecular weight excluding hydrogens is 212 g/mol. The summed E-state index contributed by atoms with van der Waals surface area (Å²) in [7, 11) is 0. The van der Waals surface area contributed by atoms with E-state index >= 15 is 0 Å². The van der Waals surface area contributed by atoms with Gasteiger partial charge in [0.1, 0.15) is 0 Å². The van der Waals surface area contributed by atoms with E-state index in [0.29, 0.717) is 5.41 Å². The van der Waals surface area contributed by atoms with Gasteiger partial charge in [0.25, 0.3) is 0 Å². The van der Waals surface area contributed by atoms with Gasteiger partial charge in [-0.3, -0.25) is 0 Å². The first kappa shape index (κ1) is 13.3. The lowest BCUT2D eigenvalue weighted by atomic mass is 9.88. The van der Waals surface area contributed by atoms with Gasteiger partial charge in [-0.25, -0.2) is 0 Å². The molecule has 0 aromatic carbocycles. The molecule has 0 amide bonds. The summed E-state index contributed by atoms with van der Waals surface area (Å²) in [6.07, 6.45) is 3.69. The van der Waals surface area contributed by atoms with Gasteiger partial charge >= 0.3 is 0 Å². The van der Waals surface area contributed by atoms with Gasteiger partial charge in [-0.1, -0.05) is 20.8 Å². The maximum atomic E-state index is 6.01. The standard InChI is InChI=1S/C14H28N2O/c1-13(2,3)4-8-16-9-5-14(6-10-16)12-15-7-11-17-14/h15H,4-12H2,1-3H3. The number of rotatable bonds is 2. The van der Waals surface area contributed by atoms with Crippen LogP contribution in [-0.4, -0.2) is 49.8 Å². The number of morpholine rings is 1. The van der Waals surface area contributed by atoms with E-state index in [-0.39, 0.29) is 5.60 Å². The van der Waals surface area contributed by atoms with Crippen LogP contribution in [0.25, 0.3) is 0 Å². The molecule has 2 rings (SSSR count). The van der Waals surface area contributed by atoms with Crippen molar-refractivity contribution in [3.8, 4) is 0 Å². The summed E-state index contributed by atoms with van der Waals surface area (Å²) in [5, 5.41) is 3.47. The third-order valence-electron chi connectivity index (χ3n) is 4.08. The van der Waals surface area contributed by atoms with Crippen molar-refractivity contribution < 1.29 is 4.74 Å². The van der Waals surface area contributed by atoms with Crippen molar-refractivity contribution in [3.05, 3.63) is 0 Å². The number of hydrogen-bond donors (Lipinski definition) is 1. The van der Waals surface area contributed by atoms with Crippen LogP contribution in [0.2, 0.25) is 0 Å². The van der Waals surface area contributed by atoms with Crippen LogP contribution in [0.5, 0.6) is 0 Å². The molecule has 0 atom stereocenters. The summed E-state index contributed by atoms with van der Waals surface area (Å²) in [6, 6.07) is 0. The number of hydrogen-bond acceptors (Lipinski definition) is 3. The van der Waals surface area contributed by atoms with Crippen molar-refractivity contribution in [1.82, 2.24) is 10.2 Å². The number of ether oxygens (including phenoxy) is 1. The van der Waals surface area contributed by atoms with E-state index in [1.54, 1.807) is 0 Å². The fraction of sp³-hybridized carbons (Fsp3) is 1.00. The van der Waals surface area contributed by atoms with E-state index < -0.39 is 0 Å². The van der Waals surface area contributed by atoms with Gasteiger partial charge in [-0.05, 0) is 31.2 Å². The fourth-order valence-corrected chi connectivity index (χ4v) is 2.71. The molecule has 0 saturated carbocycles. The third kappa shape index (κ3) is 3.94. The zero-order valence-electron chi connectivity index (χ0n) is 11.7. The topological polar surface area (TPSA) is 24.5 Å². The van der Waals surface area contributed by atoms with E-state index in [4.69, 9.17) is 4.74 Å². The molecule has 1 spiro atoms. The lowest BCUT2D eigenvalue weighted by Crippen LogP contribution is -2.55. The number of piperidine rings is 1. The molecule has 2 aliphatic heterocycles. The lowest BCUT2D eigenvalue weighted by Gasteiger charge is -2.44. The molecule has 0 aromatic rings. The first-order chi connectivity index (χ1) is 7.99. The van der Waals surface area contributed by atoms with Crippen LogP contribution in [0.4, 0.5) is 0 Å². The van der Waals surface area contributed by atoms with E-state index in [0.717, 1.165) is 19.7 Å². The largest absolute Gasteiger partial charge is 0.372 e. The maximum Gasteiger partial charge on any atom is 0.0831 e. The number of nitrogens with one attached hydrogen (secondary N) is 1. The molecule has 3 nitrogen and oxygen atoms in total. The normalized spacial score (nSPS) is 26.3. The van der Waals surface area contributed by atoms with Crippen LogP contribution in [0, 0.1) is 5.41 Å². The molecule has 0 unspecified atom stereocenters. The van der Waals surface area contributed by atoms with E-state index in [1.807, 2.05) is 0 Å². The Labute approximate surface area is 106 Å². The van der Waals surface area contributed by atoms with Gasteiger partial charge in [0.2, 0.25) is 0 Å². The molecule has 0 aromatic heterocycles. The second kappa shape index (κ2) is 5.25. The molecule has 17 heavy (non-hydrogen) atoms. The molecule has 100 valence electrons. The van der Waals surface area contributed by atoms with Gasteiger partial charge in [0.15, 0.2) is 0 Å². The van der Waals surface area contributed by atoms with Gasteiger partial charge in [0, 0.05) is 26.2 Å². The quantitative estimate of drug-likeness (QED) is 0.797. The van der Waals surface area contributed by atoms with Crippen molar-refractivity contribution in [2.75, 3.05) is 39.3 Å². The Morgan fingerprint density at radius 1 is 1.24 bits per heavy atom. The predicted octanol–water partition coefficient (Wildman–Crippen LogP) is 1.88. The van der Waals surface area contributed by atoms with Crippen molar-refractivity contribution in [3.63, 3.8) is 0 Å². The minimum atomic E-state index is 0.163. The SMILES string of the molecule is CC(C)(C)CCN1CCC2(CC1)CNCCO2. The fourth-order valence-electron chi connectivity index (χ4n) is 2.71. The van der Waals surface area contributed by atoms with Crippen LogP contribution < -0.4 is 5.32 Å². The second-order valence-electron chi connectivity index (χ2n) is 6.86. The predicted molar refractivity (Wildman–Crippen MR) is 71.3 cm³/mol. The monoisotopic (exact) mass is 240 g/mol. The minimum absolute atomic E-state index is 0.163. The van der Waals surface area contributed by atoms with Crippen LogP contribution in [0.15, 0.2) is 0 Å². The lowest BCUT2D eigenvalue weighted by molar-refractivity contribution is -0.100. The van der Waals surface area contributed by atoms with Crippen LogP contribution in [-0.2, 0) is 4.74 Å². The molecule has 0 aliphatic carbocycles. The molecule has 3 heteroatoms. The molecule has 0 radical (unpaired) electrons. The number of likely N-dealkylation sites (tertiary alicyclic amines) is 1. The molecule has 0 bridgehead atoms. The highest BCUT2D eigenvalue weighted by Gasteiger charge is 2.36. The van der Waals surface area contributed by atoms with Crippen molar-refractivity contribution >= 4 is 0 Å². The molecule has 1 N–H and O–H groups in total. The zero-order chi connectivity index (χ0) is 12.4. The van der Waals surface area contributed by atoms with Crippen LogP contribution in [0.1, 0.15) is 40.0 Å². The van der Waals surface area contributed by atoms with E-state index in [1.165, 1.54) is 38.9 Å². The minimum Gasteiger partial charge on any atom is -0.372 e. The summed E-state index contributed by atoms with van der Waals surface area (Å²) >= 11 is 0. The molecule has 2 aliphatic rings. The van der Waals surface area contributed by atoms with Crippen molar-refractivity contribution in [1.29, 1.82) is 0 Å². The van der Waals surface area contributed by atoms with Crippen molar-refractivity contribution in [2.45, 2.75) is 45.6 Å². The van der Waals surface area contributed by atoms with Gasteiger partial charge in [0.05, 0.1) is 12.2 Å². The Balaban J connectivity index is 1.74. The van der Waals surface area contributed by atoms with Gasteiger partial charge in [-0.15, -0.1) is 0 Å². The molecular formula is C14H28N2O. The average molecular weight is 240 g/mol. The Kier molecular flexibility index (Phi) is 4.11. The smallest absolute Gasteiger partial charge is 0.0831 e. The average Bonchev–Trinajstić information content (AvgIpc) is 2.29. The maximum absolute atomic E-state index is 6.01. The Morgan fingerprint density at radius 3 is 2.47 bits per heavy atom. The highest BCUT2D eigenvalue weighted by Crippen LogP contribution is 2.28. The van der Waals surface area contributed by atoms with Crippen LogP contribution in [0.3, 0.4) is 0 Å². The second-order valence-corrected chi connectivity index (χ2v) is 6.86. The Hall–Kier alpha value is -0.120. The van der Waals surface area contributed by atoms with E-state index in [2.05, 4.69) is 31.0 Å². The zero-order valence-corrected chi connectivity index (χ0v) is 11.7. The molecule has 2 heterocycles. The van der Waals surface area contributed by atoms with Crippen molar-refractivity contribution in [2.24, 2.45) is 5.41 Å². The summed E-state index contributed by atoms with van der Waals surface area (Å²) in [6.45, 7) is 13.6. The van der Waals surface area contributed by atoms with E-state index in [9.17, 15) is 0 Å². The summed E-state index contributed by atoms with van der Waals surface area (Å²) in [4.78, 5) is 2.61. The summed E-state index contributed by atoms with van der Waals surface area (Å²) in [5.41, 5.74) is 0.620. The first-order valence-electron chi connectivity index (χ1n) is 7.06.